The minimum atomic E-state index is -1.08. The minimum absolute atomic E-state index is 0.157. The van der Waals surface area contributed by atoms with E-state index in [2.05, 4.69) is 10.3 Å². The Balaban J connectivity index is 1.58. The number of carbonyl (C=O) groups is 1. The molecular weight excluding hydrogens is 342 g/mol. The Morgan fingerprint density at radius 2 is 2.22 bits per heavy atom. The fourth-order valence-corrected chi connectivity index (χ4v) is 3.94. The van der Waals surface area contributed by atoms with Gasteiger partial charge >= 0.3 is 0 Å². The van der Waals surface area contributed by atoms with Gasteiger partial charge in [-0.3, -0.25) is 9.20 Å². The zero-order chi connectivity index (χ0) is 19.0. The van der Waals surface area contributed by atoms with Gasteiger partial charge in [0.15, 0.2) is 0 Å². The Hall–Kier alpha value is -2.86. The smallest absolute Gasteiger partial charge is 0.270 e. The molecule has 140 valence electrons. The summed E-state index contributed by atoms with van der Waals surface area (Å²) in [5, 5.41) is 14.2. The van der Waals surface area contributed by atoms with Gasteiger partial charge in [0.2, 0.25) is 0 Å². The molecule has 1 unspecified atom stereocenters. The van der Waals surface area contributed by atoms with Crippen LogP contribution in [0.15, 0.2) is 42.6 Å². The van der Waals surface area contributed by atoms with Crippen LogP contribution in [0.25, 0.3) is 5.65 Å². The van der Waals surface area contributed by atoms with Crippen LogP contribution in [0.1, 0.15) is 40.2 Å². The number of aryl methyl sites for hydroxylation is 2. The van der Waals surface area contributed by atoms with Crippen molar-refractivity contribution in [2.24, 2.45) is 0 Å². The lowest BCUT2D eigenvalue weighted by molar-refractivity contribution is 0.0188. The second-order valence-corrected chi connectivity index (χ2v) is 7.07. The van der Waals surface area contributed by atoms with Gasteiger partial charge in [-0.15, -0.1) is 0 Å². The van der Waals surface area contributed by atoms with Crippen molar-refractivity contribution < 1.29 is 14.6 Å². The highest BCUT2D eigenvalue weighted by Crippen LogP contribution is 2.36. The topological polar surface area (TPSA) is 75.9 Å². The van der Waals surface area contributed by atoms with Gasteiger partial charge in [-0.25, -0.2) is 4.98 Å². The maximum atomic E-state index is 12.8. The standard InChI is InChI=1S/C21H23N3O3/c1-14-19(24-11-4-3-7-18(24)23-14)20(25)22-13-21(26)10-5-6-15-12-16(27-2)8-9-17(15)21/h3-4,7-9,11-12,26H,5-6,10,13H2,1-2H3,(H,22,25). The van der Waals surface area contributed by atoms with Gasteiger partial charge in [-0.2, -0.15) is 0 Å². The number of hydrogen-bond acceptors (Lipinski definition) is 4. The molecule has 0 spiro atoms. The molecule has 1 aromatic carbocycles. The lowest BCUT2D eigenvalue weighted by atomic mass is 9.79. The number of nitrogens with one attached hydrogen (secondary N) is 1. The third-order valence-corrected chi connectivity index (χ3v) is 5.31. The SMILES string of the molecule is COc1ccc2c(c1)CCCC2(O)CNC(=O)c1c(C)nc2ccccn12. The molecule has 2 aromatic heterocycles. The van der Waals surface area contributed by atoms with Gasteiger partial charge in [0.1, 0.15) is 22.7 Å². The van der Waals surface area contributed by atoms with E-state index in [-0.39, 0.29) is 12.5 Å². The summed E-state index contributed by atoms with van der Waals surface area (Å²) in [6, 6.07) is 11.3. The number of nitrogens with zero attached hydrogens (tertiary/aromatic N) is 2. The molecule has 0 bridgehead atoms. The van der Waals surface area contributed by atoms with Crippen LogP contribution >= 0.6 is 0 Å². The number of benzene rings is 1. The van der Waals surface area contributed by atoms with Crippen molar-refractivity contribution >= 4 is 11.6 Å². The number of carbonyl (C=O) groups excluding carboxylic acids is 1. The van der Waals surface area contributed by atoms with Crippen LogP contribution in [0.2, 0.25) is 0 Å². The molecule has 0 fully saturated rings. The van der Waals surface area contributed by atoms with Crippen molar-refractivity contribution in [2.45, 2.75) is 31.8 Å². The Bertz CT molecular complexity index is 1010. The third kappa shape index (κ3) is 3.06. The Morgan fingerprint density at radius 1 is 1.37 bits per heavy atom. The van der Waals surface area contributed by atoms with Crippen LogP contribution in [-0.2, 0) is 12.0 Å². The number of ether oxygens (including phenoxy) is 1. The highest BCUT2D eigenvalue weighted by Gasteiger charge is 2.35. The first kappa shape index (κ1) is 17.5. The first-order valence-electron chi connectivity index (χ1n) is 9.13. The monoisotopic (exact) mass is 365 g/mol. The van der Waals surface area contributed by atoms with E-state index in [0.29, 0.717) is 17.8 Å². The molecule has 1 atom stereocenters. The molecule has 2 heterocycles. The number of aliphatic hydroxyl groups is 1. The molecule has 4 rings (SSSR count). The normalized spacial score (nSPS) is 18.9. The highest BCUT2D eigenvalue weighted by molar-refractivity contribution is 5.94. The van der Waals surface area contributed by atoms with E-state index >= 15 is 0 Å². The second kappa shape index (κ2) is 6.70. The number of fused-ring (bicyclic) bond motifs is 2. The highest BCUT2D eigenvalue weighted by atomic mass is 16.5. The summed E-state index contributed by atoms with van der Waals surface area (Å²) < 4.78 is 7.06. The average Bonchev–Trinajstić information content (AvgIpc) is 3.02. The summed E-state index contributed by atoms with van der Waals surface area (Å²) in [4.78, 5) is 17.3. The molecule has 6 nitrogen and oxygen atoms in total. The van der Waals surface area contributed by atoms with Crippen LogP contribution in [0.4, 0.5) is 0 Å². The maximum Gasteiger partial charge on any atom is 0.270 e. The van der Waals surface area contributed by atoms with Crippen LogP contribution in [0, 0.1) is 6.92 Å². The first-order valence-corrected chi connectivity index (χ1v) is 9.13. The van der Waals surface area contributed by atoms with E-state index in [0.717, 1.165) is 35.4 Å². The predicted octanol–water partition coefficient (Wildman–Crippen LogP) is 2.61. The molecular formula is C21H23N3O3. The predicted molar refractivity (Wildman–Crippen MR) is 102 cm³/mol. The third-order valence-electron chi connectivity index (χ3n) is 5.31. The number of pyridine rings is 1. The molecule has 6 heteroatoms. The largest absolute Gasteiger partial charge is 0.497 e. The fraction of sp³-hybridized carbons (Fsp3) is 0.333. The molecule has 1 aliphatic rings. The van der Waals surface area contributed by atoms with Gasteiger partial charge in [0.25, 0.3) is 5.91 Å². The lowest BCUT2D eigenvalue weighted by Crippen LogP contribution is -2.43. The summed E-state index contributed by atoms with van der Waals surface area (Å²) >= 11 is 0. The van der Waals surface area contributed by atoms with E-state index in [1.165, 1.54) is 0 Å². The molecule has 27 heavy (non-hydrogen) atoms. The number of rotatable bonds is 4. The fourth-order valence-electron chi connectivity index (χ4n) is 3.94. The molecule has 0 aliphatic heterocycles. The molecule has 1 amide bonds. The summed E-state index contributed by atoms with van der Waals surface area (Å²) in [6.45, 7) is 1.98. The van der Waals surface area contributed by atoms with Gasteiger partial charge in [-0.1, -0.05) is 12.1 Å². The maximum absolute atomic E-state index is 12.8. The van der Waals surface area contributed by atoms with Crippen LogP contribution < -0.4 is 10.1 Å². The van der Waals surface area contributed by atoms with E-state index in [1.807, 2.05) is 49.5 Å². The van der Waals surface area contributed by atoms with Crippen LogP contribution in [-0.4, -0.2) is 34.1 Å². The van der Waals surface area contributed by atoms with Gasteiger partial charge in [0.05, 0.1) is 19.3 Å². The van der Waals surface area contributed by atoms with Gasteiger partial charge in [-0.05, 0) is 61.6 Å². The number of aromatic nitrogens is 2. The minimum Gasteiger partial charge on any atom is -0.497 e. The van der Waals surface area contributed by atoms with Gasteiger partial charge in [0, 0.05) is 6.20 Å². The molecule has 2 N–H and O–H groups in total. The number of imidazole rings is 1. The number of methoxy groups -OCH3 is 1. The van der Waals surface area contributed by atoms with E-state index in [4.69, 9.17) is 4.74 Å². The summed E-state index contributed by atoms with van der Waals surface area (Å²) in [6.07, 6.45) is 4.19. The molecule has 0 saturated carbocycles. The number of amides is 1. The molecule has 1 aliphatic carbocycles. The first-order chi connectivity index (χ1) is 13.0. The Labute approximate surface area is 157 Å². The molecule has 3 aromatic rings. The van der Waals surface area contributed by atoms with Crippen molar-refractivity contribution in [3.8, 4) is 5.75 Å². The molecule has 0 saturated heterocycles. The van der Waals surface area contributed by atoms with E-state index < -0.39 is 5.60 Å². The Kier molecular flexibility index (Phi) is 4.36. The average molecular weight is 365 g/mol. The van der Waals surface area contributed by atoms with Crippen LogP contribution in [0.5, 0.6) is 5.75 Å². The van der Waals surface area contributed by atoms with Crippen molar-refractivity contribution in [3.63, 3.8) is 0 Å². The van der Waals surface area contributed by atoms with E-state index in [9.17, 15) is 9.90 Å². The number of hydrogen-bond donors (Lipinski definition) is 2. The van der Waals surface area contributed by atoms with Crippen molar-refractivity contribution in [1.82, 2.24) is 14.7 Å². The zero-order valence-electron chi connectivity index (χ0n) is 15.5. The second-order valence-electron chi connectivity index (χ2n) is 7.07. The summed E-state index contributed by atoms with van der Waals surface area (Å²) in [5.74, 6) is 0.545. The van der Waals surface area contributed by atoms with Crippen molar-refractivity contribution in [1.29, 1.82) is 0 Å². The summed E-state index contributed by atoms with van der Waals surface area (Å²) in [5.41, 5.74) is 2.76. The van der Waals surface area contributed by atoms with Crippen molar-refractivity contribution in [2.75, 3.05) is 13.7 Å². The van der Waals surface area contributed by atoms with Crippen molar-refractivity contribution in [3.05, 3.63) is 65.1 Å². The summed E-state index contributed by atoms with van der Waals surface area (Å²) in [7, 11) is 1.63. The van der Waals surface area contributed by atoms with E-state index in [1.54, 1.807) is 11.5 Å². The quantitative estimate of drug-likeness (QED) is 0.745. The zero-order valence-corrected chi connectivity index (χ0v) is 15.5. The Morgan fingerprint density at radius 3 is 3.04 bits per heavy atom. The lowest BCUT2D eigenvalue weighted by Gasteiger charge is -2.34. The van der Waals surface area contributed by atoms with Gasteiger partial charge < -0.3 is 15.2 Å². The van der Waals surface area contributed by atoms with Crippen LogP contribution in [0.3, 0.4) is 0 Å². The molecule has 0 radical (unpaired) electrons.